The third-order valence-electron chi connectivity index (χ3n) is 4.16. The molecule has 2 N–H and O–H groups in total. The molecule has 0 unspecified atom stereocenters. The van der Waals surface area contributed by atoms with E-state index in [1.165, 1.54) is 7.05 Å². The first-order valence-electron chi connectivity index (χ1n) is 7.91. The van der Waals surface area contributed by atoms with E-state index in [4.69, 9.17) is 4.74 Å². The van der Waals surface area contributed by atoms with E-state index in [2.05, 4.69) is 25.7 Å². The summed E-state index contributed by atoms with van der Waals surface area (Å²) >= 11 is 0. The maximum atomic E-state index is 12.9. The van der Waals surface area contributed by atoms with Gasteiger partial charge in [0, 0.05) is 26.5 Å². The second kappa shape index (κ2) is 6.87. The first-order chi connectivity index (χ1) is 11.9. The van der Waals surface area contributed by atoms with Crippen LogP contribution in [0.25, 0.3) is 0 Å². The summed E-state index contributed by atoms with van der Waals surface area (Å²) in [6.07, 6.45) is -0.365. The van der Waals surface area contributed by atoms with Gasteiger partial charge in [-0.25, -0.2) is 4.98 Å². The van der Waals surface area contributed by atoms with Gasteiger partial charge < -0.3 is 15.4 Å². The van der Waals surface area contributed by atoms with Crippen LogP contribution in [0, 0.1) is 6.92 Å². The van der Waals surface area contributed by atoms with Crippen LogP contribution in [-0.4, -0.2) is 40.0 Å². The van der Waals surface area contributed by atoms with E-state index >= 15 is 0 Å². The van der Waals surface area contributed by atoms with Crippen LogP contribution >= 0.6 is 0 Å². The lowest BCUT2D eigenvalue weighted by Gasteiger charge is -2.23. The highest BCUT2D eigenvalue weighted by Gasteiger charge is 2.35. The third-order valence-corrected chi connectivity index (χ3v) is 4.16. The summed E-state index contributed by atoms with van der Waals surface area (Å²) in [4.78, 5) is 7.68. The monoisotopic (exact) mass is 356 g/mol. The molecule has 1 aliphatic heterocycles. The average Bonchev–Trinajstić information content (AvgIpc) is 2.95. The Morgan fingerprint density at radius 2 is 1.96 bits per heavy atom. The largest absolute Gasteiger partial charge is 0.421 e. The smallest absolute Gasteiger partial charge is 0.381 e. The fourth-order valence-corrected chi connectivity index (χ4v) is 2.80. The van der Waals surface area contributed by atoms with Crippen LogP contribution in [0.3, 0.4) is 0 Å². The molecule has 0 spiro atoms. The Morgan fingerprint density at radius 3 is 2.60 bits per heavy atom. The summed E-state index contributed by atoms with van der Waals surface area (Å²) in [5.41, 5.74) is 0.630. The van der Waals surface area contributed by atoms with Crippen molar-refractivity contribution in [3.05, 3.63) is 23.7 Å². The minimum Gasteiger partial charge on any atom is -0.381 e. The van der Waals surface area contributed by atoms with Crippen LogP contribution in [0.1, 0.15) is 30.1 Å². The summed E-state index contributed by atoms with van der Waals surface area (Å²) in [6.45, 7) is 3.29. The lowest BCUT2D eigenvalue weighted by atomic mass is 10.1. The summed E-state index contributed by atoms with van der Waals surface area (Å²) in [6, 6.07) is 0.255. The van der Waals surface area contributed by atoms with Crippen LogP contribution in [0.5, 0.6) is 0 Å². The van der Waals surface area contributed by atoms with Gasteiger partial charge in [-0.15, -0.1) is 0 Å². The molecule has 0 radical (unpaired) electrons. The Morgan fingerprint density at radius 1 is 1.24 bits per heavy atom. The van der Waals surface area contributed by atoms with Crippen molar-refractivity contribution in [3.8, 4) is 0 Å². The van der Waals surface area contributed by atoms with Gasteiger partial charge in [-0.05, 0) is 19.8 Å². The van der Waals surface area contributed by atoms with Gasteiger partial charge in [0.05, 0.1) is 23.6 Å². The number of nitrogens with zero attached hydrogens (tertiary/aromatic N) is 4. The molecule has 1 fully saturated rings. The zero-order valence-electron chi connectivity index (χ0n) is 13.9. The molecule has 0 atom stereocenters. The Bertz CT molecular complexity index is 739. The van der Waals surface area contributed by atoms with Gasteiger partial charge in [0.2, 0.25) is 5.95 Å². The van der Waals surface area contributed by atoms with E-state index in [1.807, 2.05) is 11.6 Å². The summed E-state index contributed by atoms with van der Waals surface area (Å²) in [5.74, 6) is -0.202. The van der Waals surface area contributed by atoms with E-state index in [-0.39, 0.29) is 17.8 Å². The molecule has 136 valence electrons. The molecule has 0 aromatic carbocycles. The topological polar surface area (TPSA) is 76.9 Å². The molecule has 10 heteroatoms. The third kappa shape index (κ3) is 3.68. The molecule has 0 aliphatic carbocycles. The highest BCUT2D eigenvalue weighted by atomic mass is 19.4. The van der Waals surface area contributed by atoms with Crippen molar-refractivity contribution >= 4 is 17.5 Å². The van der Waals surface area contributed by atoms with Crippen molar-refractivity contribution in [3.63, 3.8) is 0 Å². The number of halogens is 3. The molecule has 0 saturated carbocycles. The number of nitrogens with one attached hydrogen (secondary N) is 2. The van der Waals surface area contributed by atoms with Gasteiger partial charge in [0.25, 0.3) is 0 Å². The van der Waals surface area contributed by atoms with Crippen molar-refractivity contribution in [1.29, 1.82) is 0 Å². The normalized spacial score (nSPS) is 16.0. The van der Waals surface area contributed by atoms with Gasteiger partial charge in [0.15, 0.2) is 0 Å². The molecular weight excluding hydrogens is 337 g/mol. The molecule has 1 saturated heterocycles. The minimum atomic E-state index is -4.51. The van der Waals surface area contributed by atoms with Crippen LogP contribution < -0.4 is 10.6 Å². The van der Waals surface area contributed by atoms with E-state index in [9.17, 15) is 13.2 Å². The standard InChI is InChI=1S/C15H19F3N6O/c1-9-12(8-21-24(9)10-3-5-25-6-4-10)22-14-20-7-11(15(16,17)18)13(19-2)23-14/h7-8,10H,3-6H2,1-2H3,(H2,19,20,22,23). The van der Waals surface area contributed by atoms with Crippen LogP contribution in [0.4, 0.5) is 30.6 Å². The second-order valence-corrected chi connectivity index (χ2v) is 5.76. The maximum Gasteiger partial charge on any atom is 0.421 e. The number of rotatable bonds is 4. The van der Waals surface area contributed by atoms with E-state index < -0.39 is 11.7 Å². The van der Waals surface area contributed by atoms with Gasteiger partial charge in [-0.3, -0.25) is 4.68 Å². The Balaban J connectivity index is 1.82. The van der Waals surface area contributed by atoms with Crippen LogP contribution in [0.15, 0.2) is 12.4 Å². The fraction of sp³-hybridized carbons (Fsp3) is 0.533. The molecule has 2 aromatic rings. The Kier molecular flexibility index (Phi) is 4.80. The first kappa shape index (κ1) is 17.5. The summed E-state index contributed by atoms with van der Waals surface area (Å²) in [7, 11) is 1.38. The number of ether oxygens (including phenoxy) is 1. The quantitative estimate of drug-likeness (QED) is 0.876. The van der Waals surface area contributed by atoms with Gasteiger partial charge in [0.1, 0.15) is 11.4 Å². The lowest BCUT2D eigenvalue weighted by Crippen LogP contribution is -2.21. The first-order valence-corrected chi connectivity index (χ1v) is 7.91. The van der Waals surface area contributed by atoms with Gasteiger partial charge in [-0.2, -0.15) is 23.3 Å². The molecule has 0 amide bonds. The second-order valence-electron chi connectivity index (χ2n) is 5.76. The van der Waals surface area contributed by atoms with Gasteiger partial charge >= 0.3 is 6.18 Å². The Labute approximate surface area is 142 Å². The van der Waals surface area contributed by atoms with Crippen molar-refractivity contribution in [1.82, 2.24) is 19.7 Å². The molecule has 3 rings (SSSR count). The number of aromatic nitrogens is 4. The molecule has 7 nitrogen and oxygen atoms in total. The predicted molar refractivity (Wildman–Crippen MR) is 85.9 cm³/mol. The van der Waals surface area contributed by atoms with Crippen LogP contribution in [0.2, 0.25) is 0 Å². The SMILES string of the molecule is CNc1nc(Nc2cnn(C3CCOCC3)c2C)ncc1C(F)(F)F. The molecule has 1 aliphatic rings. The zero-order valence-corrected chi connectivity index (χ0v) is 13.9. The maximum absolute atomic E-state index is 12.9. The van der Waals surface area contributed by atoms with Crippen molar-refractivity contribution < 1.29 is 17.9 Å². The molecule has 25 heavy (non-hydrogen) atoms. The Hall–Kier alpha value is -2.36. The molecule has 2 aromatic heterocycles. The summed E-state index contributed by atoms with van der Waals surface area (Å²) in [5, 5.41) is 9.78. The van der Waals surface area contributed by atoms with E-state index in [1.54, 1.807) is 6.20 Å². The lowest BCUT2D eigenvalue weighted by molar-refractivity contribution is -0.137. The summed E-state index contributed by atoms with van der Waals surface area (Å²) < 4.78 is 46.0. The number of anilines is 3. The van der Waals surface area contributed by atoms with E-state index in [0.29, 0.717) is 18.9 Å². The van der Waals surface area contributed by atoms with Crippen molar-refractivity contribution in [2.45, 2.75) is 32.0 Å². The molecular formula is C15H19F3N6O. The highest BCUT2D eigenvalue weighted by molar-refractivity contribution is 5.58. The van der Waals surface area contributed by atoms with Crippen LogP contribution in [-0.2, 0) is 10.9 Å². The number of alkyl halides is 3. The zero-order chi connectivity index (χ0) is 18.0. The number of hydrogen-bond donors (Lipinski definition) is 2. The molecule has 3 heterocycles. The van der Waals surface area contributed by atoms with Gasteiger partial charge in [-0.1, -0.05) is 0 Å². The average molecular weight is 356 g/mol. The fourth-order valence-electron chi connectivity index (χ4n) is 2.80. The molecule has 0 bridgehead atoms. The highest BCUT2D eigenvalue weighted by Crippen LogP contribution is 2.34. The minimum absolute atomic E-state index is 0.0759. The van der Waals surface area contributed by atoms with E-state index in [0.717, 1.165) is 24.7 Å². The number of hydrogen-bond acceptors (Lipinski definition) is 6. The van der Waals surface area contributed by atoms with Crippen molar-refractivity contribution in [2.75, 3.05) is 30.9 Å². The van der Waals surface area contributed by atoms with Crippen molar-refractivity contribution in [2.24, 2.45) is 0 Å². The predicted octanol–water partition coefficient (Wildman–Crippen LogP) is 3.14.